The molecule has 0 fully saturated rings. The lowest BCUT2D eigenvalue weighted by molar-refractivity contribution is -0.116. The third kappa shape index (κ3) is 6.67. The van der Waals surface area contributed by atoms with E-state index in [0.717, 1.165) is 30.0 Å². The number of anilines is 2. The van der Waals surface area contributed by atoms with Crippen LogP contribution < -0.4 is 33.1 Å². The molecule has 0 aliphatic heterocycles. The number of aryl methyl sites for hydroxylation is 2. The largest absolute Gasteiger partial charge is 0.372 e. The lowest BCUT2D eigenvalue weighted by Gasteiger charge is -2.16. The number of nitrogens with zero attached hydrogens (tertiary/aromatic N) is 9. The van der Waals surface area contributed by atoms with Gasteiger partial charge >= 0.3 is 11.4 Å². The second-order valence-corrected chi connectivity index (χ2v) is 15.0. The number of aromatic nitrogens is 9. The zero-order valence-electron chi connectivity index (χ0n) is 30.1. The van der Waals surface area contributed by atoms with Crippen LogP contribution >= 0.6 is 22.7 Å². The van der Waals surface area contributed by atoms with Gasteiger partial charge in [-0.3, -0.25) is 37.6 Å². The molecule has 8 aromatic rings. The smallest absolute Gasteiger partial charge is 0.332 e. The van der Waals surface area contributed by atoms with Crippen molar-refractivity contribution in [2.45, 2.75) is 25.9 Å². The molecule has 19 heteroatoms. The Morgan fingerprint density at radius 2 is 1.52 bits per heavy atom. The van der Waals surface area contributed by atoms with E-state index in [2.05, 4.69) is 25.6 Å². The van der Waals surface area contributed by atoms with Crippen LogP contribution in [-0.2, 0) is 45.6 Å². The quantitative estimate of drug-likeness (QED) is 0.164. The third-order valence-electron chi connectivity index (χ3n) is 9.36. The Labute approximate surface area is 323 Å². The summed E-state index contributed by atoms with van der Waals surface area (Å²) in [7, 11) is 4.43. The average Bonchev–Trinajstić information content (AvgIpc) is 4.03. The van der Waals surface area contributed by atoms with Gasteiger partial charge in [-0.25, -0.2) is 19.6 Å². The maximum atomic E-state index is 13.9. The van der Waals surface area contributed by atoms with Crippen LogP contribution in [0.15, 0.2) is 104 Å². The highest BCUT2D eigenvalue weighted by atomic mass is 32.1. The zero-order valence-corrected chi connectivity index (χ0v) is 31.7. The number of aliphatic hydroxyl groups is 1. The molecule has 56 heavy (non-hydrogen) atoms. The lowest BCUT2D eigenvalue weighted by atomic mass is 10.1. The maximum absolute atomic E-state index is 13.9. The summed E-state index contributed by atoms with van der Waals surface area (Å²) in [5, 5.41) is 17.4. The van der Waals surface area contributed by atoms with Gasteiger partial charge in [0.1, 0.15) is 12.8 Å². The standard InChI is InChI=1S/C37H33N11O6S2/c1-43-32-30(34(51)45(3)36(43)53)46(18-39-32)17-28(50)42-29-12-11-25(56-29)23-6-4-5-21(13-23)15-48-35(52)31-33(44(2)37(48)54)40-19-47(31)16-27(49)41-24-9-7-22(8-10-24)26-14-38-20-55-26/h4-14,18-20,27,41,49H,15-17H2,1-3H3,(H,42,50). The van der Waals surface area contributed by atoms with E-state index in [1.54, 1.807) is 24.8 Å². The van der Waals surface area contributed by atoms with Crippen molar-refractivity contribution in [3.05, 3.63) is 132 Å². The van der Waals surface area contributed by atoms with Crippen molar-refractivity contribution in [3.8, 4) is 20.9 Å². The second-order valence-electron chi connectivity index (χ2n) is 13.1. The number of thiophene rings is 1. The number of carbonyl (C=O) groups excluding carboxylic acids is 1. The van der Waals surface area contributed by atoms with Gasteiger partial charge in [-0.2, -0.15) is 0 Å². The van der Waals surface area contributed by atoms with Gasteiger partial charge in [0.05, 0.1) is 41.1 Å². The molecule has 1 atom stereocenters. The fourth-order valence-corrected chi connectivity index (χ4v) is 8.08. The molecule has 2 aromatic carbocycles. The monoisotopic (exact) mass is 791 g/mol. The Kier molecular flexibility index (Phi) is 9.40. The van der Waals surface area contributed by atoms with Crippen LogP contribution in [0, 0.1) is 0 Å². The number of fused-ring (bicyclic) bond motifs is 2. The first kappa shape index (κ1) is 36.3. The Morgan fingerprint density at radius 1 is 0.804 bits per heavy atom. The topological polar surface area (TPSA) is 198 Å². The van der Waals surface area contributed by atoms with Crippen molar-refractivity contribution in [2.75, 3.05) is 10.6 Å². The predicted octanol–water partition coefficient (Wildman–Crippen LogP) is 2.61. The summed E-state index contributed by atoms with van der Waals surface area (Å²) in [4.78, 5) is 79.9. The number of nitrogens with one attached hydrogen (secondary N) is 2. The summed E-state index contributed by atoms with van der Waals surface area (Å²) in [5.74, 6) is -0.392. The van der Waals surface area contributed by atoms with E-state index in [9.17, 15) is 29.1 Å². The van der Waals surface area contributed by atoms with Crippen LogP contribution in [0.3, 0.4) is 0 Å². The highest BCUT2D eigenvalue weighted by Gasteiger charge is 2.20. The molecule has 8 rings (SSSR count). The van der Waals surface area contributed by atoms with E-state index < -0.39 is 34.6 Å². The van der Waals surface area contributed by atoms with E-state index in [4.69, 9.17) is 0 Å². The van der Waals surface area contributed by atoms with E-state index in [0.29, 0.717) is 16.3 Å². The van der Waals surface area contributed by atoms with Gasteiger partial charge < -0.3 is 24.9 Å². The molecule has 1 unspecified atom stereocenters. The van der Waals surface area contributed by atoms with Crippen molar-refractivity contribution in [3.63, 3.8) is 0 Å². The fraction of sp³-hybridized carbons (Fsp3) is 0.189. The molecular formula is C37H33N11O6S2. The molecule has 0 saturated carbocycles. The molecule has 3 N–H and O–H groups in total. The van der Waals surface area contributed by atoms with Crippen LogP contribution in [0.2, 0.25) is 0 Å². The molecule has 284 valence electrons. The van der Waals surface area contributed by atoms with Gasteiger partial charge in [-0.05, 0) is 47.0 Å². The molecule has 0 aliphatic carbocycles. The summed E-state index contributed by atoms with van der Waals surface area (Å²) >= 11 is 2.86. The van der Waals surface area contributed by atoms with Gasteiger partial charge in [-0.15, -0.1) is 22.7 Å². The molecule has 17 nitrogen and oxygen atoms in total. The third-order valence-corrected chi connectivity index (χ3v) is 11.2. The summed E-state index contributed by atoms with van der Waals surface area (Å²) in [6.07, 6.45) is 3.51. The summed E-state index contributed by atoms with van der Waals surface area (Å²) in [5.41, 5.74) is 3.53. The summed E-state index contributed by atoms with van der Waals surface area (Å²) in [6, 6.07) is 18.6. The van der Waals surface area contributed by atoms with Gasteiger partial charge in [0.15, 0.2) is 22.3 Å². The molecule has 1 amide bonds. The van der Waals surface area contributed by atoms with Gasteiger partial charge in [0.25, 0.3) is 11.1 Å². The summed E-state index contributed by atoms with van der Waals surface area (Å²) in [6.45, 7) is -0.227. The molecule has 0 spiro atoms. The molecule has 6 heterocycles. The maximum Gasteiger partial charge on any atom is 0.332 e. The van der Waals surface area contributed by atoms with Crippen molar-refractivity contribution < 1.29 is 9.90 Å². The molecular weight excluding hydrogens is 759 g/mol. The first-order valence-corrected chi connectivity index (χ1v) is 18.8. The minimum Gasteiger partial charge on any atom is -0.372 e. The van der Waals surface area contributed by atoms with E-state index >= 15 is 0 Å². The lowest BCUT2D eigenvalue weighted by Crippen LogP contribution is -2.40. The van der Waals surface area contributed by atoms with Gasteiger partial charge in [-0.1, -0.05) is 30.3 Å². The molecule has 0 aliphatic rings. The summed E-state index contributed by atoms with van der Waals surface area (Å²) < 4.78 is 7.62. The van der Waals surface area contributed by atoms with E-state index in [1.807, 2.05) is 54.6 Å². The van der Waals surface area contributed by atoms with Crippen LogP contribution in [0.5, 0.6) is 0 Å². The van der Waals surface area contributed by atoms with Crippen LogP contribution in [0.4, 0.5) is 10.7 Å². The Balaban J connectivity index is 0.977. The number of hydrogen-bond donors (Lipinski definition) is 3. The molecule has 6 aromatic heterocycles. The number of imidazole rings is 2. The Bertz CT molecular complexity index is 3020. The Morgan fingerprint density at radius 3 is 2.25 bits per heavy atom. The van der Waals surface area contributed by atoms with Crippen molar-refractivity contribution in [2.24, 2.45) is 21.1 Å². The highest BCUT2D eigenvalue weighted by Crippen LogP contribution is 2.32. The van der Waals surface area contributed by atoms with E-state index in [1.165, 1.54) is 67.7 Å². The highest BCUT2D eigenvalue weighted by molar-refractivity contribution is 7.19. The van der Waals surface area contributed by atoms with Crippen LogP contribution in [0.25, 0.3) is 43.2 Å². The van der Waals surface area contributed by atoms with E-state index in [-0.39, 0.29) is 42.0 Å². The Hall–Kier alpha value is -6.70. The number of benzene rings is 2. The normalized spacial score (nSPS) is 12.1. The number of amides is 1. The average molecular weight is 792 g/mol. The number of carbonyl (C=O) groups is 1. The van der Waals surface area contributed by atoms with Crippen molar-refractivity contribution >= 4 is 61.6 Å². The first-order chi connectivity index (χ1) is 27.0. The number of rotatable bonds is 11. The van der Waals surface area contributed by atoms with Crippen LogP contribution in [0.1, 0.15) is 5.56 Å². The first-order valence-electron chi connectivity index (χ1n) is 17.1. The predicted molar refractivity (Wildman–Crippen MR) is 214 cm³/mol. The molecule has 0 radical (unpaired) electrons. The molecule has 0 saturated heterocycles. The fourth-order valence-electron chi connectivity index (χ4n) is 6.53. The minimum atomic E-state index is -1.07. The minimum absolute atomic E-state index is 0.00832. The van der Waals surface area contributed by atoms with Crippen molar-refractivity contribution in [1.29, 1.82) is 0 Å². The SMILES string of the molecule is Cn1c(=O)c2c(ncn2CC(=O)Nc2ccc(-c3cccc(Cn4c(=O)c5c(ncn5CC(O)Nc5ccc(-c6cncs6)cc5)n(C)c4=O)c3)s2)n(C)c1=O. The molecule has 0 bridgehead atoms. The number of aliphatic hydroxyl groups excluding tert-OH is 1. The second kappa shape index (κ2) is 14.5. The number of thiazole rings is 1. The van der Waals surface area contributed by atoms with Crippen molar-refractivity contribution in [1.82, 2.24) is 42.4 Å². The van der Waals surface area contributed by atoms with Gasteiger partial charge in [0.2, 0.25) is 5.91 Å². The number of hydrogen-bond acceptors (Lipinski definition) is 12. The van der Waals surface area contributed by atoms with Gasteiger partial charge in [0, 0.05) is 37.9 Å². The van der Waals surface area contributed by atoms with Crippen LogP contribution in [-0.4, -0.2) is 59.6 Å². The zero-order chi connectivity index (χ0) is 39.2.